The minimum absolute atomic E-state index is 0.0919. The molecule has 4 aromatic rings. The summed E-state index contributed by atoms with van der Waals surface area (Å²) in [6.07, 6.45) is 1.41. The van der Waals surface area contributed by atoms with Crippen molar-refractivity contribution < 1.29 is 14.6 Å². The predicted octanol–water partition coefficient (Wildman–Crippen LogP) is 4.55. The zero-order chi connectivity index (χ0) is 24.1. The van der Waals surface area contributed by atoms with Crippen LogP contribution in [0.2, 0.25) is 0 Å². The Morgan fingerprint density at radius 1 is 1.15 bits per heavy atom. The average molecular weight is 458 g/mol. The lowest BCUT2D eigenvalue weighted by Crippen LogP contribution is -2.21. The van der Waals surface area contributed by atoms with Crippen LogP contribution in [0.5, 0.6) is 11.5 Å². The van der Waals surface area contributed by atoms with Gasteiger partial charge in [-0.2, -0.15) is 10.2 Å². The van der Waals surface area contributed by atoms with Crippen molar-refractivity contribution in [1.29, 1.82) is 0 Å². The molecular weight excluding hydrogens is 430 g/mol. The number of benzene rings is 3. The van der Waals surface area contributed by atoms with E-state index in [-0.39, 0.29) is 11.4 Å². The number of amides is 1. The maximum absolute atomic E-state index is 12.6. The molecule has 34 heavy (non-hydrogen) atoms. The number of carbonyl (C=O) groups is 1. The molecule has 0 aliphatic rings. The zero-order valence-electron chi connectivity index (χ0n) is 19.4. The molecule has 1 heterocycles. The Bertz CT molecular complexity index is 1340. The monoisotopic (exact) mass is 457 g/mol. The van der Waals surface area contributed by atoms with Crippen LogP contribution in [-0.4, -0.2) is 47.6 Å². The number of rotatable bonds is 8. The third-order valence-corrected chi connectivity index (χ3v) is 5.70. The summed E-state index contributed by atoms with van der Waals surface area (Å²) in [4.78, 5) is 14.7. The van der Waals surface area contributed by atoms with Crippen molar-refractivity contribution in [2.75, 3.05) is 25.1 Å². The highest BCUT2D eigenvalue weighted by molar-refractivity contribution is 6.00. The van der Waals surface area contributed by atoms with Crippen molar-refractivity contribution >= 4 is 28.6 Å². The first kappa shape index (κ1) is 22.8. The number of aromatic amines is 1. The molecule has 0 fully saturated rings. The van der Waals surface area contributed by atoms with Gasteiger partial charge in [0, 0.05) is 30.4 Å². The number of carbonyl (C=O) groups excluding carboxylic acids is 1. The molecule has 3 aromatic carbocycles. The lowest BCUT2D eigenvalue weighted by Gasteiger charge is -2.21. The number of anilines is 1. The largest absolute Gasteiger partial charge is 0.507 e. The second-order valence-electron chi connectivity index (χ2n) is 7.65. The fourth-order valence-corrected chi connectivity index (χ4v) is 3.90. The highest BCUT2D eigenvalue weighted by atomic mass is 16.5. The molecule has 0 aliphatic heterocycles. The van der Waals surface area contributed by atoms with Gasteiger partial charge in [-0.05, 0) is 48.9 Å². The van der Waals surface area contributed by atoms with Crippen LogP contribution in [0.3, 0.4) is 0 Å². The number of phenolic OH excluding ortho intramolecular Hbond substituents is 1. The molecule has 8 heteroatoms. The van der Waals surface area contributed by atoms with Crippen LogP contribution in [0, 0.1) is 0 Å². The molecule has 0 saturated heterocycles. The third kappa shape index (κ3) is 4.56. The summed E-state index contributed by atoms with van der Waals surface area (Å²) in [6, 6.07) is 18.8. The Balaban J connectivity index is 1.51. The molecule has 3 N–H and O–H groups in total. The van der Waals surface area contributed by atoms with Gasteiger partial charge in [-0.1, -0.05) is 30.3 Å². The number of hydrogen-bond donors (Lipinski definition) is 3. The van der Waals surface area contributed by atoms with Crippen LogP contribution in [0.15, 0.2) is 65.8 Å². The molecule has 8 nitrogen and oxygen atoms in total. The summed E-state index contributed by atoms with van der Waals surface area (Å²) >= 11 is 0. The minimum Gasteiger partial charge on any atom is -0.507 e. The molecule has 0 atom stereocenters. The molecule has 0 spiro atoms. The number of nitrogens with zero attached hydrogens (tertiary/aromatic N) is 3. The summed E-state index contributed by atoms with van der Waals surface area (Å²) < 4.78 is 5.54. The maximum Gasteiger partial charge on any atom is 0.289 e. The van der Waals surface area contributed by atoms with E-state index in [1.165, 1.54) is 6.21 Å². The molecule has 4 rings (SSSR count). The van der Waals surface area contributed by atoms with Crippen LogP contribution in [0.25, 0.3) is 22.0 Å². The number of fused-ring (bicyclic) bond motifs is 1. The van der Waals surface area contributed by atoms with Gasteiger partial charge in [-0.3, -0.25) is 9.89 Å². The van der Waals surface area contributed by atoms with E-state index in [9.17, 15) is 9.90 Å². The Hall–Kier alpha value is -4.33. The Labute approximate surface area is 197 Å². The molecule has 174 valence electrons. The predicted molar refractivity (Wildman–Crippen MR) is 135 cm³/mol. The number of H-pyrrole nitrogens is 1. The molecule has 0 aliphatic carbocycles. The number of nitrogens with one attached hydrogen (secondary N) is 2. The Kier molecular flexibility index (Phi) is 6.77. The van der Waals surface area contributed by atoms with Crippen LogP contribution in [0.4, 0.5) is 5.69 Å². The van der Waals surface area contributed by atoms with E-state index < -0.39 is 5.91 Å². The summed E-state index contributed by atoms with van der Waals surface area (Å²) in [5.74, 6) is 0.307. The summed E-state index contributed by atoms with van der Waals surface area (Å²) in [7, 11) is 1.60. The zero-order valence-corrected chi connectivity index (χ0v) is 19.4. The lowest BCUT2D eigenvalue weighted by molar-refractivity contribution is 0.0950. The molecule has 0 saturated carbocycles. The summed E-state index contributed by atoms with van der Waals surface area (Å²) in [6.45, 7) is 5.80. The van der Waals surface area contributed by atoms with Gasteiger partial charge in [0.25, 0.3) is 5.91 Å². The Morgan fingerprint density at radius 3 is 2.68 bits per heavy atom. The SMILES string of the molecule is CCN(CC)c1ccc(/C=N\NC(=O)c2cc(-c3c(OC)ccc4ccccc34)n[nH]2)c(O)c1. The third-order valence-electron chi connectivity index (χ3n) is 5.70. The quantitative estimate of drug-likeness (QED) is 0.266. The molecular formula is C26H27N5O3. The molecule has 0 radical (unpaired) electrons. The van der Waals surface area contributed by atoms with Gasteiger partial charge in [0.05, 0.1) is 24.6 Å². The van der Waals surface area contributed by atoms with Crippen LogP contribution >= 0.6 is 0 Å². The number of aromatic hydroxyl groups is 1. The van der Waals surface area contributed by atoms with Crippen LogP contribution in [-0.2, 0) is 0 Å². The first-order valence-corrected chi connectivity index (χ1v) is 11.1. The number of ether oxygens (including phenoxy) is 1. The normalized spacial score (nSPS) is 11.1. The second-order valence-corrected chi connectivity index (χ2v) is 7.65. The minimum atomic E-state index is -0.451. The Morgan fingerprint density at radius 2 is 1.94 bits per heavy atom. The van der Waals surface area contributed by atoms with E-state index >= 15 is 0 Å². The van der Waals surface area contributed by atoms with Gasteiger partial charge in [0.2, 0.25) is 0 Å². The highest BCUT2D eigenvalue weighted by Gasteiger charge is 2.16. The van der Waals surface area contributed by atoms with Crippen molar-refractivity contribution in [3.05, 3.63) is 71.9 Å². The van der Waals surface area contributed by atoms with Crippen molar-refractivity contribution in [2.45, 2.75) is 13.8 Å². The number of phenols is 1. The first-order valence-electron chi connectivity index (χ1n) is 11.1. The van der Waals surface area contributed by atoms with Crippen molar-refractivity contribution in [3.8, 4) is 22.8 Å². The van der Waals surface area contributed by atoms with E-state index in [1.807, 2.05) is 42.5 Å². The van der Waals surface area contributed by atoms with E-state index in [4.69, 9.17) is 4.74 Å². The summed E-state index contributed by atoms with van der Waals surface area (Å²) in [5.41, 5.74) is 5.55. The lowest BCUT2D eigenvalue weighted by atomic mass is 10.0. The topological polar surface area (TPSA) is 103 Å². The van der Waals surface area contributed by atoms with E-state index in [1.54, 1.807) is 25.3 Å². The van der Waals surface area contributed by atoms with Gasteiger partial charge in [0.15, 0.2) is 0 Å². The molecule has 0 unspecified atom stereocenters. The van der Waals surface area contributed by atoms with E-state index in [0.717, 1.165) is 35.1 Å². The van der Waals surface area contributed by atoms with Crippen LogP contribution in [0.1, 0.15) is 29.9 Å². The number of methoxy groups -OCH3 is 1. The smallest absolute Gasteiger partial charge is 0.289 e. The fraction of sp³-hybridized carbons (Fsp3) is 0.192. The van der Waals surface area contributed by atoms with Crippen LogP contribution < -0.4 is 15.1 Å². The molecule has 1 aromatic heterocycles. The van der Waals surface area contributed by atoms with Gasteiger partial charge in [0.1, 0.15) is 17.2 Å². The highest BCUT2D eigenvalue weighted by Crippen LogP contribution is 2.36. The van der Waals surface area contributed by atoms with Gasteiger partial charge < -0.3 is 14.7 Å². The number of aromatic nitrogens is 2. The van der Waals surface area contributed by atoms with Gasteiger partial charge >= 0.3 is 0 Å². The first-order chi connectivity index (χ1) is 16.5. The van der Waals surface area contributed by atoms with Crippen molar-refractivity contribution in [1.82, 2.24) is 15.6 Å². The van der Waals surface area contributed by atoms with Crippen molar-refractivity contribution in [3.63, 3.8) is 0 Å². The second kappa shape index (κ2) is 10.1. The average Bonchev–Trinajstić information content (AvgIpc) is 3.35. The number of hydrogen-bond acceptors (Lipinski definition) is 6. The number of hydrazone groups is 1. The molecule has 1 amide bonds. The van der Waals surface area contributed by atoms with Gasteiger partial charge in [-0.15, -0.1) is 0 Å². The summed E-state index contributed by atoms with van der Waals surface area (Å²) in [5, 5.41) is 23.4. The van der Waals surface area contributed by atoms with Crippen molar-refractivity contribution in [2.24, 2.45) is 5.10 Å². The maximum atomic E-state index is 12.6. The van der Waals surface area contributed by atoms with E-state index in [0.29, 0.717) is 17.0 Å². The van der Waals surface area contributed by atoms with E-state index in [2.05, 4.69) is 39.5 Å². The van der Waals surface area contributed by atoms with Gasteiger partial charge in [-0.25, -0.2) is 5.43 Å². The standard InChI is InChI=1S/C26H27N5O3/c1-4-31(5-2)19-12-10-18(23(32)14-19)16-27-30-26(33)22-15-21(28-29-22)25-20-9-7-6-8-17(20)11-13-24(25)34-3/h6-16,32H,4-5H2,1-3H3,(H,28,29)(H,30,33)/b27-16-. The fourth-order valence-electron chi connectivity index (χ4n) is 3.90. The molecule has 0 bridgehead atoms.